The van der Waals surface area contributed by atoms with Crippen LogP contribution in [0.5, 0.6) is 5.75 Å². The van der Waals surface area contributed by atoms with Crippen molar-refractivity contribution in [2.45, 2.75) is 25.8 Å². The lowest BCUT2D eigenvalue weighted by molar-refractivity contribution is 0.237. The average Bonchev–Trinajstić information content (AvgIpc) is 3.04. The van der Waals surface area contributed by atoms with Crippen molar-refractivity contribution in [1.82, 2.24) is 10.6 Å². The summed E-state index contributed by atoms with van der Waals surface area (Å²) >= 11 is 0. The Kier molecular flexibility index (Phi) is 5.09. The molecule has 118 valence electrons. The third-order valence-corrected chi connectivity index (χ3v) is 3.57. The number of ether oxygens (including phenoxy) is 1. The molecule has 2 N–H and O–H groups in total. The predicted octanol–water partition coefficient (Wildman–Crippen LogP) is 3.07. The van der Waals surface area contributed by atoms with Crippen LogP contribution in [0.25, 0.3) is 0 Å². The maximum atomic E-state index is 11.8. The van der Waals surface area contributed by atoms with Crippen LogP contribution < -0.4 is 15.4 Å². The van der Waals surface area contributed by atoms with E-state index in [-0.39, 0.29) is 11.4 Å². The van der Waals surface area contributed by atoms with Gasteiger partial charge in [-0.2, -0.15) is 0 Å². The van der Waals surface area contributed by atoms with Crippen LogP contribution in [0.15, 0.2) is 47.1 Å². The first-order valence-corrected chi connectivity index (χ1v) is 7.20. The van der Waals surface area contributed by atoms with Crippen molar-refractivity contribution in [3.8, 4) is 5.75 Å². The van der Waals surface area contributed by atoms with Gasteiger partial charge < -0.3 is 19.8 Å². The minimum absolute atomic E-state index is 0.172. The van der Waals surface area contributed by atoms with Gasteiger partial charge in [-0.25, -0.2) is 4.79 Å². The predicted molar refractivity (Wildman–Crippen MR) is 85.0 cm³/mol. The fourth-order valence-electron chi connectivity index (χ4n) is 2.09. The normalized spacial score (nSPS) is 11.0. The molecule has 0 radical (unpaired) electrons. The molecule has 0 fully saturated rings. The number of methoxy groups -OCH3 is 1. The second kappa shape index (κ2) is 7.02. The Balaban J connectivity index is 1.84. The van der Waals surface area contributed by atoms with Crippen LogP contribution in [-0.2, 0) is 12.0 Å². The minimum Gasteiger partial charge on any atom is -0.497 e. The summed E-state index contributed by atoms with van der Waals surface area (Å²) in [6.07, 6.45) is 1.59. The van der Waals surface area contributed by atoms with Crippen molar-refractivity contribution >= 4 is 6.03 Å². The summed E-state index contributed by atoms with van der Waals surface area (Å²) in [6.45, 7) is 5.08. The molecule has 5 heteroatoms. The molecular weight excluding hydrogens is 280 g/mol. The van der Waals surface area contributed by atoms with Crippen LogP contribution in [0, 0.1) is 0 Å². The van der Waals surface area contributed by atoms with Gasteiger partial charge in [-0.3, -0.25) is 0 Å². The summed E-state index contributed by atoms with van der Waals surface area (Å²) in [7, 11) is 1.64. The van der Waals surface area contributed by atoms with Crippen LogP contribution in [0.4, 0.5) is 4.79 Å². The van der Waals surface area contributed by atoms with Crippen molar-refractivity contribution < 1.29 is 13.9 Å². The Bertz CT molecular complexity index is 589. The molecule has 1 aromatic carbocycles. The number of urea groups is 1. The van der Waals surface area contributed by atoms with Gasteiger partial charge in [-0.1, -0.05) is 26.0 Å². The molecular formula is C17H22N2O3. The number of benzene rings is 1. The number of hydrogen-bond donors (Lipinski definition) is 2. The molecule has 5 nitrogen and oxygen atoms in total. The molecule has 0 atom stereocenters. The molecule has 2 amide bonds. The Labute approximate surface area is 130 Å². The van der Waals surface area contributed by atoms with Crippen molar-refractivity contribution in [3.05, 3.63) is 54.0 Å². The zero-order valence-corrected chi connectivity index (χ0v) is 13.2. The van der Waals surface area contributed by atoms with E-state index in [1.54, 1.807) is 19.4 Å². The van der Waals surface area contributed by atoms with Crippen molar-refractivity contribution in [1.29, 1.82) is 0 Å². The molecule has 0 saturated heterocycles. The first-order valence-electron chi connectivity index (χ1n) is 7.20. The highest BCUT2D eigenvalue weighted by molar-refractivity contribution is 5.73. The molecule has 2 rings (SSSR count). The second-order valence-electron chi connectivity index (χ2n) is 5.73. The van der Waals surface area contributed by atoms with Crippen molar-refractivity contribution in [2.24, 2.45) is 0 Å². The average molecular weight is 302 g/mol. The summed E-state index contributed by atoms with van der Waals surface area (Å²) in [5, 5.41) is 5.65. The molecule has 0 aliphatic carbocycles. The lowest BCUT2D eigenvalue weighted by atomic mass is 9.84. The second-order valence-corrected chi connectivity index (χ2v) is 5.73. The molecule has 0 aliphatic heterocycles. The van der Waals surface area contributed by atoms with E-state index in [1.807, 2.05) is 30.3 Å². The third-order valence-electron chi connectivity index (χ3n) is 3.57. The van der Waals surface area contributed by atoms with E-state index in [2.05, 4.69) is 24.5 Å². The number of nitrogens with one attached hydrogen (secondary N) is 2. The molecule has 1 heterocycles. The zero-order chi connectivity index (χ0) is 16.0. The summed E-state index contributed by atoms with van der Waals surface area (Å²) < 4.78 is 10.3. The van der Waals surface area contributed by atoms with Gasteiger partial charge in [0.25, 0.3) is 0 Å². The Morgan fingerprint density at radius 1 is 1.18 bits per heavy atom. The third kappa shape index (κ3) is 4.28. The number of carbonyl (C=O) groups is 1. The van der Waals surface area contributed by atoms with Crippen molar-refractivity contribution in [3.63, 3.8) is 0 Å². The number of furan rings is 1. The number of rotatable bonds is 6. The standard InChI is InChI=1S/C17H22N2O3/c1-17(2,13-6-8-14(21-3)9-7-13)12-19-16(20)18-11-15-5-4-10-22-15/h4-10H,11-12H2,1-3H3,(H2,18,19,20). The summed E-state index contributed by atoms with van der Waals surface area (Å²) in [5.41, 5.74) is 0.966. The van der Waals surface area contributed by atoms with Crippen LogP contribution in [0.2, 0.25) is 0 Å². The highest BCUT2D eigenvalue weighted by Crippen LogP contribution is 2.24. The number of carbonyl (C=O) groups excluding carboxylic acids is 1. The molecule has 2 aromatic rings. The molecule has 1 aromatic heterocycles. The SMILES string of the molecule is COc1ccc(C(C)(C)CNC(=O)NCc2ccco2)cc1. The van der Waals surface area contributed by atoms with E-state index in [4.69, 9.17) is 9.15 Å². The zero-order valence-electron chi connectivity index (χ0n) is 13.2. The first kappa shape index (κ1) is 15.9. The van der Waals surface area contributed by atoms with E-state index in [9.17, 15) is 4.79 Å². The number of amides is 2. The molecule has 22 heavy (non-hydrogen) atoms. The number of hydrogen-bond acceptors (Lipinski definition) is 3. The van der Waals surface area contributed by atoms with Gasteiger partial charge in [0, 0.05) is 12.0 Å². The van der Waals surface area contributed by atoms with Gasteiger partial charge >= 0.3 is 6.03 Å². The monoisotopic (exact) mass is 302 g/mol. The Hall–Kier alpha value is -2.43. The molecule has 0 saturated carbocycles. The Morgan fingerprint density at radius 2 is 1.91 bits per heavy atom. The van der Waals surface area contributed by atoms with E-state index in [0.717, 1.165) is 17.1 Å². The molecule has 0 spiro atoms. The van der Waals surface area contributed by atoms with Crippen LogP contribution in [-0.4, -0.2) is 19.7 Å². The summed E-state index contributed by atoms with van der Waals surface area (Å²) in [4.78, 5) is 11.8. The van der Waals surface area contributed by atoms with Gasteiger partial charge in [0.1, 0.15) is 11.5 Å². The van der Waals surface area contributed by atoms with Crippen LogP contribution >= 0.6 is 0 Å². The van der Waals surface area contributed by atoms with Crippen molar-refractivity contribution in [2.75, 3.05) is 13.7 Å². The van der Waals surface area contributed by atoms with E-state index >= 15 is 0 Å². The molecule has 0 bridgehead atoms. The van der Waals surface area contributed by atoms with Gasteiger partial charge in [0.15, 0.2) is 0 Å². The van der Waals surface area contributed by atoms with Gasteiger partial charge in [-0.15, -0.1) is 0 Å². The summed E-state index contributed by atoms with van der Waals surface area (Å²) in [6, 6.07) is 11.3. The fourth-order valence-corrected chi connectivity index (χ4v) is 2.09. The molecule has 0 aliphatic rings. The summed E-state index contributed by atoms with van der Waals surface area (Å²) in [5.74, 6) is 1.55. The van der Waals surface area contributed by atoms with Crippen LogP contribution in [0.1, 0.15) is 25.2 Å². The van der Waals surface area contributed by atoms with E-state index in [1.165, 1.54) is 0 Å². The largest absolute Gasteiger partial charge is 0.497 e. The van der Waals surface area contributed by atoms with Gasteiger partial charge in [0.05, 0.1) is 19.9 Å². The Morgan fingerprint density at radius 3 is 2.50 bits per heavy atom. The minimum atomic E-state index is -0.210. The quantitative estimate of drug-likeness (QED) is 0.862. The smallest absolute Gasteiger partial charge is 0.315 e. The molecule has 0 unspecified atom stereocenters. The highest BCUT2D eigenvalue weighted by atomic mass is 16.5. The van der Waals surface area contributed by atoms with E-state index in [0.29, 0.717) is 13.1 Å². The van der Waals surface area contributed by atoms with Gasteiger partial charge in [-0.05, 0) is 29.8 Å². The topological polar surface area (TPSA) is 63.5 Å². The van der Waals surface area contributed by atoms with Gasteiger partial charge in [0.2, 0.25) is 0 Å². The van der Waals surface area contributed by atoms with E-state index < -0.39 is 0 Å². The highest BCUT2D eigenvalue weighted by Gasteiger charge is 2.21. The maximum Gasteiger partial charge on any atom is 0.315 e. The maximum absolute atomic E-state index is 11.8. The first-order chi connectivity index (χ1) is 10.5. The van der Waals surface area contributed by atoms with Crippen LogP contribution in [0.3, 0.4) is 0 Å². The lowest BCUT2D eigenvalue weighted by Gasteiger charge is -2.26. The fraction of sp³-hybridized carbons (Fsp3) is 0.353. The lowest BCUT2D eigenvalue weighted by Crippen LogP contribution is -2.42.